The number of nitrogens with zero attached hydrogens (tertiary/aromatic N) is 1. The Morgan fingerprint density at radius 2 is 1.90 bits per heavy atom. The van der Waals surface area contributed by atoms with E-state index in [9.17, 15) is 4.79 Å². The van der Waals surface area contributed by atoms with Crippen molar-refractivity contribution in [3.63, 3.8) is 0 Å². The van der Waals surface area contributed by atoms with Crippen LogP contribution in [-0.2, 0) is 11.2 Å². The highest BCUT2D eigenvalue weighted by atomic mass is 16.2. The topological polar surface area (TPSA) is 46.3 Å². The van der Waals surface area contributed by atoms with Gasteiger partial charge in [0.2, 0.25) is 5.91 Å². The molecule has 1 heterocycles. The smallest absolute Gasteiger partial charge is 0.222 e. The van der Waals surface area contributed by atoms with Gasteiger partial charge in [-0.3, -0.25) is 4.79 Å². The monoisotopic (exact) mass is 274 g/mol. The van der Waals surface area contributed by atoms with E-state index in [4.69, 9.17) is 5.73 Å². The minimum absolute atomic E-state index is 0.223. The Balaban J connectivity index is 1.90. The predicted molar refractivity (Wildman–Crippen MR) is 82.4 cm³/mol. The van der Waals surface area contributed by atoms with Crippen LogP contribution in [0.15, 0.2) is 30.3 Å². The number of carbonyl (C=O) groups excluding carboxylic acids is 1. The molecule has 1 saturated heterocycles. The van der Waals surface area contributed by atoms with Crippen LogP contribution in [0.3, 0.4) is 0 Å². The second kappa shape index (κ2) is 6.89. The van der Waals surface area contributed by atoms with E-state index in [1.807, 2.05) is 11.8 Å². The summed E-state index contributed by atoms with van der Waals surface area (Å²) < 4.78 is 0. The van der Waals surface area contributed by atoms with E-state index in [1.54, 1.807) is 0 Å². The first-order valence-corrected chi connectivity index (χ1v) is 7.71. The quantitative estimate of drug-likeness (QED) is 0.897. The van der Waals surface area contributed by atoms with Crippen molar-refractivity contribution in [1.82, 2.24) is 4.90 Å². The normalized spacial score (nSPS) is 18.0. The number of hydrogen-bond acceptors (Lipinski definition) is 2. The lowest BCUT2D eigenvalue weighted by molar-refractivity contribution is -0.133. The number of hydrogen-bond donors (Lipinski definition) is 1. The number of carbonyl (C=O) groups is 1. The van der Waals surface area contributed by atoms with Gasteiger partial charge in [-0.2, -0.15) is 0 Å². The Labute approximate surface area is 122 Å². The molecule has 1 fully saturated rings. The van der Waals surface area contributed by atoms with Gasteiger partial charge in [0.05, 0.1) is 0 Å². The molecule has 0 unspecified atom stereocenters. The van der Waals surface area contributed by atoms with Gasteiger partial charge in [0.1, 0.15) is 0 Å². The molecule has 3 nitrogen and oxygen atoms in total. The largest absolute Gasteiger partial charge is 0.343 e. The molecule has 2 N–H and O–H groups in total. The third kappa shape index (κ3) is 3.60. The minimum Gasteiger partial charge on any atom is -0.343 e. The Bertz CT molecular complexity index is 422. The zero-order valence-electron chi connectivity index (χ0n) is 12.5. The van der Waals surface area contributed by atoms with Gasteiger partial charge in [-0.15, -0.1) is 0 Å². The van der Waals surface area contributed by atoms with Gasteiger partial charge in [0.25, 0.3) is 0 Å². The summed E-state index contributed by atoms with van der Waals surface area (Å²) in [6.07, 6.45) is 4.91. The molecule has 0 saturated carbocycles. The van der Waals surface area contributed by atoms with Crippen molar-refractivity contribution in [2.45, 2.75) is 39.0 Å². The van der Waals surface area contributed by atoms with Gasteiger partial charge < -0.3 is 10.6 Å². The van der Waals surface area contributed by atoms with E-state index in [2.05, 4.69) is 30.3 Å². The molecule has 1 aliphatic heterocycles. The summed E-state index contributed by atoms with van der Waals surface area (Å²) in [6.45, 7) is 4.41. The summed E-state index contributed by atoms with van der Waals surface area (Å²) in [4.78, 5) is 13.7. The number of likely N-dealkylation sites (tertiary alicyclic amines) is 1. The zero-order chi connectivity index (χ0) is 14.4. The maximum absolute atomic E-state index is 11.7. The molecule has 110 valence electrons. The van der Waals surface area contributed by atoms with E-state index in [1.165, 1.54) is 5.56 Å². The molecule has 1 amide bonds. The predicted octanol–water partition coefficient (Wildman–Crippen LogP) is 2.60. The summed E-state index contributed by atoms with van der Waals surface area (Å²) in [5.41, 5.74) is 7.66. The number of nitrogens with two attached hydrogens (primary N) is 1. The maximum atomic E-state index is 11.7. The standard InChI is InChI=1S/C17H26N2O/c1-2-16(20)19-12-10-17(14-18,11-13-19)9-8-15-6-4-3-5-7-15/h3-7H,2,8-14,18H2,1H3. The van der Waals surface area contributed by atoms with E-state index >= 15 is 0 Å². The number of amides is 1. The van der Waals surface area contributed by atoms with Crippen molar-refractivity contribution in [3.8, 4) is 0 Å². The molecule has 0 aromatic heterocycles. The highest BCUT2D eigenvalue weighted by molar-refractivity contribution is 5.75. The second-order valence-electron chi connectivity index (χ2n) is 5.92. The summed E-state index contributed by atoms with van der Waals surface area (Å²) in [7, 11) is 0. The fraction of sp³-hybridized carbons (Fsp3) is 0.588. The van der Waals surface area contributed by atoms with Crippen LogP contribution in [0.5, 0.6) is 0 Å². The molecule has 0 atom stereocenters. The lowest BCUT2D eigenvalue weighted by atomic mass is 9.74. The van der Waals surface area contributed by atoms with Gasteiger partial charge in [0, 0.05) is 19.5 Å². The first-order valence-electron chi connectivity index (χ1n) is 7.71. The summed E-state index contributed by atoms with van der Waals surface area (Å²) >= 11 is 0. The zero-order valence-corrected chi connectivity index (χ0v) is 12.5. The van der Waals surface area contributed by atoms with Crippen molar-refractivity contribution >= 4 is 5.91 Å². The van der Waals surface area contributed by atoms with Crippen LogP contribution in [0, 0.1) is 5.41 Å². The van der Waals surface area contributed by atoms with Crippen LogP contribution in [0.1, 0.15) is 38.2 Å². The van der Waals surface area contributed by atoms with Gasteiger partial charge >= 0.3 is 0 Å². The second-order valence-corrected chi connectivity index (χ2v) is 5.92. The van der Waals surface area contributed by atoms with Gasteiger partial charge in [-0.05, 0) is 43.2 Å². The molecule has 1 aromatic rings. The van der Waals surface area contributed by atoms with Crippen LogP contribution >= 0.6 is 0 Å². The van der Waals surface area contributed by atoms with Crippen LogP contribution in [-0.4, -0.2) is 30.4 Å². The van der Waals surface area contributed by atoms with Crippen molar-refractivity contribution in [2.24, 2.45) is 11.1 Å². The number of aryl methyl sites for hydroxylation is 1. The Morgan fingerprint density at radius 3 is 2.45 bits per heavy atom. The lowest BCUT2D eigenvalue weighted by Crippen LogP contribution is -2.46. The Hall–Kier alpha value is -1.35. The summed E-state index contributed by atoms with van der Waals surface area (Å²) in [5, 5.41) is 0. The number of benzene rings is 1. The molecular formula is C17H26N2O. The first-order chi connectivity index (χ1) is 9.69. The molecule has 1 aromatic carbocycles. The Morgan fingerprint density at radius 1 is 1.25 bits per heavy atom. The van der Waals surface area contributed by atoms with Gasteiger partial charge in [-0.25, -0.2) is 0 Å². The molecule has 0 radical (unpaired) electrons. The fourth-order valence-electron chi connectivity index (χ4n) is 3.06. The molecule has 1 aliphatic rings. The van der Waals surface area contributed by atoms with E-state index < -0.39 is 0 Å². The molecular weight excluding hydrogens is 248 g/mol. The highest BCUT2D eigenvalue weighted by Crippen LogP contribution is 2.35. The van der Waals surface area contributed by atoms with Gasteiger partial charge in [0.15, 0.2) is 0 Å². The average Bonchev–Trinajstić information content (AvgIpc) is 2.53. The molecule has 0 spiro atoms. The van der Waals surface area contributed by atoms with Crippen molar-refractivity contribution in [3.05, 3.63) is 35.9 Å². The lowest BCUT2D eigenvalue weighted by Gasteiger charge is -2.41. The third-order valence-corrected chi connectivity index (χ3v) is 4.70. The first kappa shape index (κ1) is 15.0. The van der Waals surface area contributed by atoms with Crippen molar-refractivity contribution in [1.29, 1.82) is 0 Å². The fourth-order valence-corrected chi connectivity index (χ4v) is 3.06. The average molecular weight is 274 g/mol. The number of piperidine rings is 1. The van der Waals surface area contributed by atoms with Gasteiger partial charge in [-0.1, -0.05) is 37.3 Å². The SMILES string of the molecule is CCC(=O)N1CCC(CN)(CCc2ccccc2)CC1. The number of rotatable bonds is 5. The van der Waals surface area contributed by atoms with E-state index in [0.29, 0.717) is 6.42 Å². The minimum atomic E-state index is 0.223. The summed E-state index contributed by atoms with van der Waals surface area (Å²) in [5.74, 6) is 0.277. The maximum Gasteiger partial charge on any atom is 0.222 e. The highest BCUT2D eigenvalue weighted by Gasteiger charge is 2.33. The van der Waals surface area contributed by atoms with E-state index in [-0.39, 0.29) is 11.3 Å². The molecule has 2 rings (SSSR count). The molecule has 0 bridgehead atoms. The molecule has 3 heteroatoms. The van der Waals surface area contributed by atoms with E-state index in [0.717, 1.165) is 45.3 Å². The molecule has 0 aliphatic carbocycles. The third-order valence-electron chi connectivity index (χ3n) is 4.70. The van der Waals surface area contributed by atoms with Crippen LogP contribution in [0.4, 0.5) is 0 Å². The summed E-state index contributed by atoms with van der Waals surface area (Å²) in [6, 6.07) is 10.6. The molecule has 20 heavy (non-hydrogen) atoms. The van der Waals surface area contributed by atoms with Crippen molar-refractivity contribution in [2.75, 3.05) is 19.6 Å². The van der Waals surface area contributed by atoms with Crippen LogP contribution in [0.25, 0.3) is 0 Å². The van der Waals surface area contributed by atoms with Crippen LogP contribution in [0.2, 0.25) is 0 Å². The van der Waals surface area contributed by atoms with Crippen LogP contribution < -0.4 is 5.73 Å². The Kier molecular flexibility index (Phi) is 5.18. The van der Waals surface area contributed by atoms with Crippen molar-refractivity contribution < 1.29 is 4.79 Å².